The van der Waals surface area contributed by atoms with Crippen molar-refractivity contribution in [3.63, 3.8) is 0 Å². The van der Waals surface area contributed by atoms with Crippen LogP contribution in [0.1, 0.15) is 0 Å². The second-order valence-electron chi connectivity index (χ2n) is 1.51. The number of hydrogen-bond donors (Lipinski definition) is 1. The maximum atomic E-state index is 5.35. The molecule has 1 aromatic heterocycles. The highest BCUT2D eigenvalue weighted by Crippen LogP contribution is 2.23. The lowest BCUT2D eigenvalue weighted by atomic mass is 10.8. The van der Waals surface area contributed by atoms with Gasteiger partial charge in [-0.3, -0.25) is 0 Å². The fraction of sp³-hybridized carbons (Fsp3) is 0.333. The molecule has 0 saturated carbocycles. The third-order valence-electron chi connectivity index (χ3n) is 0.661. The molecule has 0 radical (unpaired) electrons. The van der Waals surface area contributed by atoms with E-state index in [0.717, 1.165) is 6.21 Å². The van der Waals surface area contributed by atoms with Crippen molar-refractivity contribution in [1.29, 1.82) is 0 Å². The topological polar surface area (TPSA) is 66.8 Å². The van der Waals surface area contributed by atoms with Gasteiger partial charge in [-0.15, -0.1) is 5.10 Å². The number of H-pyrrole nitrogens is 1. The Bertz CT molecular complexity index is 236. The Labute approximate surface area is 76.7 Å². The molecule has 5 nitrogen and oxygen atoms in total. The highest BCUT2D eigenvalue weighted by molar-refractivity contribution is 6.74. The van der Waals surface area contributed by atoms with Gasteiger partial charge in [-0.05, 0) is 5.21 Å². The first-order valence-corrected chi connectivity index (χ1v) is 3.57. The normalized spacial score (nSPS) is 12.6. The van der Waals surface area contributed by atoms with E-state index in [1.165, 1.54) is 0 Å². The second kappa shape index (κ2) is 3.34. The van der Waals surface area contributed by atoms with Gasteiger partial charge in [0.2, 0.25) is 3.79 Å². The van der Waals surface area contributed by atoms with Crippen molar-refractivity contribution in [2.75, 3.05) is 0 Å². The lowest BCUT2D eigenvalue weighted by Crippen LogP contribution is -2.02. The predicted octanol–water partition coefficient (Wildman–Crippen LogP) is 1.27. The van der Waals surface area contributed by atoms with Crippen LogP contribution >= 0.6 is 34.8 Å². The first-order valence-electron chi connectivity index (χ1n) is 2.43. The maximum Gasteiger partial charge on any atom is 0.288 e. The summed E-state index contributed by atoms with van der Waals surface area (Å²) in [7, 11) is 0. The van der Waals surface area contributed by atoms with Crippen LogP contribution in [0, 0.1) is 0 Å². The third kappa shape index (κ3) is 3.50. The Balaban J connectivity index is 2.63. The maximum absolute atomic E-state index is 5.35. The molecule has 0 unspecified atom stereocenters. The van der Waals surface area contributed by atoms with Crippen LogP contribution in [0.15, 0.2) is 4.99 Å². The molecule has 8 heteroatoms. The zero-order valence-corrected chi connectivity index (χ0v) is 7.27. The van der Waals surface area contributed by atoms with E-state index in [1.807, 2.05) is 0 Å². The van der Waals surface area contributed by atoms with Crippen LogP contribution in [0.25, 0.3) is 0 Å². The van der Waals surface area contributed by atoms with Crippen molar-refractivity contribution in [3.8, 4) is 0 Å². The SMILES string of the molecule is ClC(Cl)(Cl)/C=N/c1nn[nH]n1. The summed E-state index contributed by atoms with van der Waals surface area (Å²) in [5.41, 5.74) is 0. The van der Waals surface area contributed by atoms with Gasteiger partial charge in [0.25, 0.3) is 5.95 Å². The molecule has 60 valence electrons. The Morgan fingerprint density at radius 3 is 2.64 bits per heavy atom. The summed E-state index contributed by atoms with van der Waals surface area (Å²) in [5, 5.41) is 12.4. The van der Waals surface area contributed by atoms with Gasteiger partial charge in [0.15, 0.2) is 0 Å². The Kier molecular flexibility index (Phi) is 2.64. The van der Waals surface area contributed by atoms with Crippen molar-refractivity contribution < 1.29 is 0 Å². The van der Waals surface area contributed by atoms with Crippen LogP contribution in [0.5, 0.6) is 0 Å². The molecule has 1 rings (SSSR count). The molecule has 0 aromatic carbocycles. The zero-order chi connectivity index (χ0) is 8.32. The quantitative estimate of drug-likeness (QED) is 0.565. The van der Waals surface area contributed by atoms with Crippen LogP contribution < -0.4 is 0 Å². The molecule has 0 bridgehead atoms. The number of rotatable bonds is 1. The number of aromatic amines is 1. The van der Waals surface area contributed by atoms with E-state index < -0.39 is 3.79 Å². The van der Waals surface area contributed by atoms with E-state index in [1.54, 1.807) is 0 Å². The minimum Gasteiger partial charge on any atom is -0.217 e. The van der Waals surface area contributed by atoms with Gasteiger partial charge in [0, 0.05) is 0 Å². The van der Waals surface area contributed by atoms with Gasteiger partial charge >= 0.3 is 0 Å². The zero-order valence-electron chi connectivity index (χ0n) is 5.00. The Morgan fingerprint density at radius 1 is 1.45 bits per heavy atom. The van der Waals surface area contributed by atoms with Gasteiger partial charge in [0.1, 0.15) is 0 Å². The molecule has 0 aliphatic heterocycles. The molecule has 1 heterocycles. The van der Waals surface area contributed by atoms with E-state index in [0.29, 0.717) is 0 Å². The fourth-order valence-electron chi connectivity index (χ4n) is 0.342. The van der Waals surface area contributed by atoms with Crippen LogP contribution in [0.2, 0.25) is 0 Å². The minimum absolute atomic E-state index is 0.122. The monoisotopic (exact) mass is 213 g/mol. The van der Waals surface area contributed by atoms with Crippen molar-refractivity contribution in [1.82, 2.24) is 20.6 Å². The highest BCUT2D eigenvalue weighted by atomic mass is 35.6. The number of nitrogens with zero attached hydrogens (tertiary/aromatic N) is 4. The smallest absolute Gasteiger partial charge is 0.217 e. The number of nitrogens with one attached hydrogen (secondary N) is 1. The molecule has 0 spiro atoms. The second-order valence-corrected chi connectivity index (χ2v) is 3.88. The molecule has 1 N–H and O–H groups in total. The average Bonchev–Trinajstić information content (AvgIpc) is 2.32. The Morgan fingerprint density at radius 2 is 2.18 bits per heavy atom. The van der Waals surface area contributed by atoms with Gasteiger partial charge < -0.3 is 0 Å². The molecule has 0 amide bonds. The number of hydrogen-bond acceptors (Lipinski definition) is 4. The summed E-state index contributed by atoms with van der Waals surface area (Å²) >= 11 is 16.0. The Hall–Kier alpha value is -0.390. The summed E-state index contributed by atoms with van der Waals surface area (Å²) in [6.07, 6.45) is 1.09. The van der Waals surface area contributed by atoms with Crippen molar-refractivity contribution in [2.24, 2.45) is 4.99 Å². The fourth-order valence-corrected chi connectivity index (χ4v) is 0.489. The van der Waals surface area contributed by atoms with Crippen LogP contribution in [-0.4, -0.2) is 30.6 Å². The number of alkyl halides is 3. The summed E-state index contributed by atoms with van der Waals surface area (Å²) in [5.74, 6) is 0.122. The summed E-state index contributed by atoms with van der Waals surface area (Å²) < 4.78 is -1.53. The van der Waals surface area contributed by atoms with Gasteiger partial charge in [-0.2, -0.15) is 5.21 Å². The van der Waals surface area contributed by atoms with Crippen LogP contribution in [0.3, 0.4) is 0 Å². The third-order valence-corrected chi connectivity index (χ3v) is 0.953. The number of aromatic nitrogens is 4. The number of tetrazole rings is 1. The molecule has 0 atom stereocenters. The van der Waals surface area contributed by atoms with Crippen LogP contribution in [0.4, 0.5) is 5.95 Å². The summed E-state index contributed by atoms with van der Waals surface area (Å²) in [6, 6.07) is 0. The summed E-state index contributed by atoms with van der Waals surface area (Å²) in [4.78, 5) is 3.60. The van der Waals surface area contributed by atoms with Gasteiger partial charge in [-0.1, -0.05) is 39.9 Å². The molecule has 0 aliphatic rings. The molecule has 0 saturated heterocycles. The van der Waals surface area contributed by atoms with Crippen LogP contribution in [-0.2, 0) is 0 Å². The molecule has 11 heavy (non-hydrogen) atoms. The molecule has 1 aromatic rings. The van der Waals surface area contributed by atoms with Crippen molar-refractivity contribution in [2.45, 2.75) is 3.79 Å². The molecular formula is C3H2Cl3N5. The number of halogens is 3. The van der Waals surface area contributed by atoms with E-state index >= 15 is 0 Å². The van der Waals surface area contributed by atoms with Crippen molar-refractivity contribution >= 4 is 47.0 Å². The number of aliphatic imine (C=N–C) groups is 1. The largest absolute Gasteiger partial charge is 0.288 e. The first-order chi connectivity index (χ1) is 5.08. The van der Waals surface area contributed by atoms with E-state index in [4.69, 9.17) is 34.8 Å². The highest BCUT2D eigenvalue weighted by Gasteiger charge is 2.15. The molecule has 0 aliphatic carbocycles. The summed E-state index contributed by atoms with van der Waals surface area (Å²) in [6.45, 7) is 0. The van der Waals surface area contributed by atoms with E-state index in [2.05, 4.69) is 25.6 Å². The average molecular weight is 214 g/mol. The van der Waals surface area contributed by atoms with E-state index in [9.17, 15) is 0 Å². The lowest BCUT2D eigenvalue weighted by molar-refractivity contribution is 0.881. The van der Waals surface area contributed by atoms with Crippen molar-refractivity contribution in [3.05, 3.63) is 0 Å². The minimum atomic E-state index is -1.53. The lowest BCUT2D eigenvalue weighted by Gasteiger charge is -1.98. The standard InChI is InChI=1S/C3H2Cl3N5/c4-3(5,6)1-7-2-8-10-11-9-2/h1H,(H,8,9,10,11)/b7-1+. The molecular weight excluding hydrogens is 212 g/mol. The molecule has 0 fully saturated rings. The van der Waals surface area contributed by atoms with Gasteiger partial charge in [0.05, 0.1) is 6.21 Å². The predicted molar refractivity (Wildman–Crippen MR) is 42.6 cm³/mol. The first kappa shape index (κ1) is 8.70. The van der Waals surface area contributed by atoms with E-state index in [-0.39, 0.29) is 5.95 Å². The van der Waals surface area contributed by atoms with Gasteiger partial charge in [-0.25, -0.2) is 4.99 Å².